The van der Waals surface area contributed by atoms with Crippen LogP contribution in [-0.4, -0.2) is 31.1 Å². The third-order valence-electron chi connectivity index (χ3n) is 3.72. The minimum absolute atomic E-state index is 0.0460. The van der Waals surface area contributed by atoms with Gasteiger partial charge in [-0.05, 0) is 25.2 Å². The highest BCUT2D eigenvalue weighted by Crippen LogP contribution is 2.43. The molecule has 2 fully saturated rings. The molecule has 5 heteroatoms. The highest BCUT2D eigenvalue weighted by Gasteiger charge is 2.51. The summed E-state index contributed by atoms with van der Waals surface area (Å²) in [5.74, 6) is 0.0244. The van der Waals surface area contributed by atoms with Crippen LogP contribution in [-0.2, 0) is 9.84 Å². The Morgan fingerprint density at radius 1 is 1.47 bits per heavy atom. The van der Waals surface area contributed by atoms with Crippen LogP contribution in [0.25, 0.3) is 0 Å². The third-order valence-corrected chi connectivity index (χ3v) is 5.50. The Bertz CT molecular complexity index is 393. The van der Waals surface area contributed by atoms with Gasteiger partial charge < -0.3 is 5.11 Å². The monoisotopic (exact) mass is 229 g/mol. The predicted molar refractivity (Wildman–Crippen MR) is 54.7 cm³/mol. The van der Waals surface area contributed by atoms with E-state index in [-0.39, 0.29) is 17.4 Å². The second-order valence-electron chi connectivity index (χ2n) is 4.75. The molecule has 1 saturated heterocycles. The lowest BCUT2D eigenvalue weighted by Crippen LogP contribution is -2.43. The number of sulfone groups is 1. The largest absolute Gasteiger partial charge is 0.391 e. The van der Waals surface area contributed by atoms with Crippen LogP contribution in [0.1, 0.15) is 25.7 Å². The maximum absolute atomic E-state index is 11.4. The average Bonchev–Trinajstić information content (AvgIpc) is 2.40. The molecule has 1 saturated carbocycles. The van der Waals surface area contributed by atoms with Gasteiger partial charge in [0.15, 0.2) is 9.84 Å². The molecule has 2 aliphatic rings. The Hall–Kier alpha value is -0.600. The van der Waals surface area contributed by atoms with Crippen molar-refractivity contribution in [2.45, 2.75) is 31.8 Å². The van der Waals surface area contributed by atoms with Gasteiger partial charge in [-0.3, -0.25) is 0 Å². The second-order valence-corrected chi connectivity index (χ2v) is 6.93. The molecule has 1 N–H and O–H groups in total. The molecule has 2 rings (SSSR count). The highest BCUT2D eigenvalue weighted by atomic mass is 32.2. The first kappa shape index (κ1) is 10.9. The van der Waals surface area contributed by atoms with Gasteiger partial charge in [0.25, 0.3) is 0 Å². The molecule has 1 aliphatic heterocycles. The smallest absolute Gasteiger partial charge is 0.152 e. The zero-order valence-electron chi connectivity index (χ0n) is 8.52. The summed E-state index contributed by atoms with van der Waals surface area (Å²) in [6, 6.07) is 2.05. The standard InChI is InChI=1S/C10H15NO3S/c11-6-10(4-5-15(13,14)7-10)9(12)8-2-1-3-8/h8-9,12H,1-5,7H2. The Balaban J connectivity index is 2.20. The molecule has 1 aliphatic carbocycles. The predicted octanol–water partition coefficient (Wildman–Crippen LogP) is 0.476. The first-order valence-corrected chi connectivity index (χ1v) is 7.11. The third kappa shape index (κ3) is 1.77. The van der Waals surface area contributed by atoms with Gasteiger partial charge in [0.05, 0.1) is 29.1 Å². The van der Waals surface area contributed by atoms with Crippen LogP contribution in [0.4, 0.5) is 0 Å². The summed E-state index contributed by atoms with van der Waals surface area (Å²) in [7, 11) is -3.11. The van der Waals surface area contributed by atoms with Crippen LogP contribution in [0.5, 0.6) is 0 Å². The van der Waals surface area contributed by atoms with Crippen molar-refractivity contribution in [2.24, 2.45) is 11.3 Å². The number of aliphatic hydroxyl groups is 1. The highest BCUT2D eigenvalue weighted by molar-refractivity contribution is 7.91. The number of hydrogen-bond acceptors (Lipinski definition) is 4. The van der Waals surface area contributed by atoms with Gasteiger partial charge in [-0.15, -0.1) is 0 Å². The van der Waals surface area contributed by atoms with Crippen molar-refractivity contribution < 1.29 is 13.5 Å². The topological polar surface area (TPSA) is 78.2 Å². The van der Waals surface area contributed by atoms with E-state index in [1.54, 1.807) is 0 Å². The number of aliphatic hydroxyl groups excluding tert-OH is 1. The Labute approximate surface area is 89.8 Å². The summed E-state index contributed by atoms with van der Waals surface area (Å²) >= 11 is 0. The SMILES string of the molecule is N#CC1(C(O)C2CCC2)CCS(=O)(=O)C1. The number of nitriles is 1. The molecule has 0 bridgehead atoms. The molecule has 0 aromatic heterocycles. The minimum atomic E-state index is -3.11. The van der Waals surface area contributed by atoms with Crippen LogP contribution in [0.2, 0.25) is 0 Å². The van der Waals surface area contributed by atoms with E-state index in [1.165, 1.54) is 0 Å². The van der Waals surface area contributed by atoms with E-state index in [4.69, 9.17) is 5.26 Å². The van der Waals surface area contributed by atoms with Crippen LogP contribution < -0.4 is 0 Å². The molecule has 2 unspecified atom stereocenters. The lowest BCUT2D eigenvalue weighted by atomic mass is 9.69. The minimum Gasteiger partial charge on any atom is -0.391 e. The van der Waals surface area contributed by atoms with Gasteiger partial charge >= 0.3 is 0 Å². The number of nitrogens with zero attached hydrogens (tertiary/aromatic N) is 1. The first-order valence-electron chi connectivity index (χ1n) is 5.29. The summed E-state index contributed by atoms with van der Waals surface area (Å²) in [6.07, 6.45) is 2.46. The summed E-state index contributed by atoms with van der Waals surface area (Å²) in [5, 5.41) is 19.2. The fraction of sp³-hybridized carbons (Fsp3) is 0.900. The zero-order chi connectivity index (χ0) is 11.1. The van der Waals surface area contributed by atoms with Gasteiger partial charge in [0.2, 0.25) is 0 Å². The molecule has 0 radical (unpaired) electrons. The number of hydrogen-bond donors (Lipinski definition) is 1. The van der Waals surface area contributed by atoms with E-state index < -0.39 is 21.4 Å². The van der Waals surface area contributed by atoms with E-state index in [0.717, 1.165) is 19.3 Å². The normalized spacial score (nSPS) is 36.8. The van der Waals surface area contributed by atoms with Gasteiger partial charge in [0, 0.05) is 0 Å². The zero-order valence-corrected chi connectivity index (χ0v) is 9.33. The Kier molecular flexibility index (Phi) is 2.52. The molecular formula is C10H15NO3S. The van der Waals surface area contributed by atoms with Crippen molar-refractivity contribution in [3.8, 4) is 6.07 Å². The summed E-state index contributed by atoms with van der Waals surface area (Å²) in [6.45, 7) is 0. The molecule has 0 amide bonds. The molecule has 4 nitrogen and oxygen atoms in total. The van der Waals surface area contributed by atoms with Crippen molar-refractivity contribution in [3.05, 3.63) is 0 Å². The average molecular weight is 229 g/mol. The van der Waals surface area contributed by atoms with Crippen molar-refractivity contribution in [2.75, 3.05) is 11.5 Å². The van der Waals surface area contributed by atoms with E-state index in [1.807, 2.05) is 0 Å². The molecule has 84 valence electrons. The van der Waals surface area contributed by atoms with Crippen LogP contribution in [0.3, 0.4) is 0 Å². The van der Waals surface area contributed by atoms with Gasteiger partial charge in [0.1, 0.15) is 0 Å². The number of rotatable bonds is 2. The van der Waals surface area contributed by atoms with E-state index in [9.17, 15) is 13.5 Å². The van der Waals surface area contributed by atoms with Crippen molar-refractivity contribution in [1.29, 1.82) is 5.26 Å². The fourth-order valence-corrected chi connectivity index (χ4v) is 4.45. The lowest BCUT2D eigenvalue weighted by molar-refractivity contribution is -0.00605. The Morgan fingerprint density at radius 2 is 2.13 bits per heavy atom. The van der Waals surface area contributed by atoms with E-state index >= 15 is 0 Å². The molecule has 1 heterocycles. The summed E-state index contributed by atoms with van der Waals surface area (Å²) < 4.78 is 22.8. The van der Waals surface area contributed by atoms with Crippen LogP contribution in [0, 0.1) is 22.7 Å². The molecule has 15 heavy (non-hydrogen) atoms. The van der Waals surface area contributed by atoms with Gasteiger partial charge in [-0.1, -0.05) is 6.42 Å². The maximum Gasteiger partial charge on any atom is 0.152 e. The quantitative estimate of drug-likeness (QED) is 0.747. The van der Waals surface area contributed by atoms with Gasteiger partial charge in [-0.2, -0.15) is 5.26 Å². The van der Waals surface area contributed by atoms with Crippen molar-refractivity contribution >= 4 is 9.84 Å². The molecule has 0 aromatic carbocycles. The summed E-state index contributed by atoms with van der Waals surface area (Å²) in [4.78, 5) is 0. The Morgan fingerprint density at radius 3 is 2.47 bits per heavy atom. The van der Waals surface area contributed by atoms with Crippen molar-refractivity contribution in [3.63, 3.8) is 0 Å². The van der Waals surface area contributed by atoms with Crippen molar-refractivity contribution in [1.82, 2.24) is 0 Å². The lowest BCUT2D eigenvalue weighted by Gasteiger charge is -2.37. The molecule has 0 aromatic rings. The maximum atomic E-state index is 11.4. The summed E-state index contributed by atoms with van der Waals surface area (Å²) in [5.41, 5.74) is -1.02. The molecule has 0 spiro atoms. The second kappa shape index (κ2) is 3.46. The van der Waals surface area contributed by atoms with Crippen LogP contribution >= 0.6 is 0 Å². The van der Waals surface area contributed by atoms with Crippen LogP contribution in [0.15, 0.2) is 0 Å². The van der Waals surface area contributed by atoms with E-state index in [0.29, 0.717) is 6.42 Å². The molecular weight excluding hydrogens is 214 g/mol. The fourth-order valence-electron chi connectivity index (χ4n) is 2.47. The first-order chi connectivity index (χ1) is 6.99. The molecule has 2 atom stereocenters. The van der Waals surface area contributed by atoms with Gasteiger partial charge in [-0.25, -0.2) is 8.42 Å². The van der Waals surface area contributed by atoms with E-state index in [2.05, 4.69) is 6.07 Å².